The first kappa shape index (κ1) is 14.3. The Morgan fingerprint density at radius 2 is 2.05 bits per heavy atom. The van der Waals surface area contributed by atoms with E-state index in [9.17, 15) is 4.79 Å². The molecule has 1 aliphatic rings. The largest absolute Gasteiger partial charge is 0.327 e. The Bertz CT molecular complexity index is 681. The lowest BCUT2D eigenvalue weighted by atomic mass is 9.87. The number of ketones is 1. The molecule has 2 aromatic carbocycles. The fraction of sp³-hybridized carbons (Fsp3) is 0.278. The van der Waals surface area contributed by atoms with E-state index in [-0.39, 0.29) is 11.8 Å². The highest BCUT2D eigenvalue weighted by Gasteiger charge is 2.17. The zero-order valence-electron chi connectivity index (χ0n) is 11.8. The molecule has 1 unspecified atom stereocenters. The second-order valence-corrected chi connectivity index (χ2v) is 6.15. The standard InChI is InChI=1S/C18H18ClNO/c19-16-3-1-2-12(8-16)9-18(21)15-5-4-14-11-17(20)7-6-13(14)10-15/h1-5,8,10,17H,6-7,9,11,20H2. The summed E-state index contributed by atoms with van der Waals surface area (Å²) in [5.41, 5.74) is 10.3. The maximum atomic E-state index is 12.4. The summed E-state index contributed by atoms with van der Waals surface area (Å²) in [6.45, 7) is 0. The molecular formula is C18H18ClNO. The molecule has 0 aromatic heterocycles. The summed E-state index contributed by atoms with van der Waals surface area (Å²) in [6.07, 6.45) is 3.27. The van der Waals surface area contributed by atoms with Gasteiger partial charge >= 0.3 is 0 Å². The number of Topliss-reactive ketones (excluding diaryl/α,β-unsaturated/α-hetero) is 1. The fourth-order valence-corrected chi connectivity index (χ4v) is 3.10. The molecule has 21 heavy (non-hydrogen) atoms. The van der Waals surface area contributed by atoms with E-state index in [0.717, 1.165) is 30.4 Å². The highest BCUT2D eigenvalue weighted by atomic mass is 35.5. The van der Waals surface area contributed by atoms with Crippen molar-refractivity contribution < 1.29 is 4.79 Å². The molecule has 0 fully saturated rings. The van der Waals surface area contributed by atoms with Gasteiger partial charge in [0.15, 0.2) is 5.78 Å². The van der Waals surface area contributed by atoms with Crippen LogP contribution in [0.15, 0.2) is 42.5 Å². The molecule has 0 amide bonds. The van der Waals surface area contributed by atoms with Crippen molar-refractivity contribution in [1.82, 2.24) is 0 Å². The molecule has 0 radical (unpaired) electrons. The quantitative estimate of drug-likeness (QED) is 0.880. The van der Waals surface area contributed by atoms with Gasteiger partial charge in [-0.1, -0.05) is 35.9 Å². The molecule has 0 saturated heterocycles. The van der Waals surface area contributed by atoms with Crippen LogP contribution >= 0.6 is 11.6 Å². The summed E-state index contributed by atoms with van der Waals surface area (Å²) >= 11 is 5.96. The van der Waals surface area contributed by atoms with Crippen molar-refractivity contribution in [3.8, 4) is 0 Å². The van der Waals surface area contributed by atoms with Crippen molar-refractivity contribution in [3.05, 3.63) is 69.7 Å². The third kappa shape index (κ3) is 3.34. The first-order valence-electron chi connectivity index (χ1n) is 7.27. The lowest BCUT2D eigenvalue weighted by Crippen LogP contribution is -2.28. The van der Waals surface area contributed by atoms with Gasteiger partial charge in [0.2, 0.25) is 0 Å². The van der Waals surface area contributed by atoms with Gasteiger partial charge in [-0.15, -0.1) is 0 Å². The normalized spacial score (nSPS) is 17.3. The smallest absolute Gasteiger partial charge is 0.167 e. The van der Waals surface area contributed by atoms with Gasteiger partial charge in [0.25, 0.3) is 0 Å². The average molecular weight is 300 g/mol. The van der Waals surface area contributed by atoms with Crippen LogP contribution in [-0.2, 0) is 19.3 Å². The van der Waals surface area contributed by atoms with Gasteiger partial charge in [-0.3, -0.25) is 4.79 Å². The van der Waals surface area contributed by atoms with Crippen molar-refractivity contribution in [3.63, 3.8) is 0 Å². The molecule has 0 heterocycles. The highest BCUT2D eigenvalue weighted by Crippen LogP contribution is 2.23. The van der Waals surface area contributed by atoms with Crippen LogP contribution in [0, 0.1) is 0 Å². The minimum atomic E-state index is 0.134. The molecule has 1 aliphatic carbocycles. The molecule has 0 bridgehead atoms. The number of aryl methyl sites for hydroxylation is 1. The Kier molecular flexibility index (Phi) is 4.09. The van der Waals surface area contributed by atoms with Gasteiger partial charge in [0.1, 0.15) is 0 Å². The van der Waals surface area contributed by atoms with Crippen LogP contribution in [0.25, 0.3) is 0 Å². The van der Waals surface area contributed by atoms with E-state index in [1.165, 1.54) is 11.1 Å². The van der Waals surface area contributed by atoms with Crippen LogP contribution in [0.1, 0.15) is 33.5 Å². The Balaban J connectivity index is 1.79. The minimum absolute atomic E-state index is 0.134. The van der Waals surface area contributed by atoms with Crippen LogP contribution in [0.2, 0.25) is 5.02 Å². The lowest BCUT2D eigenvalue weighted by Gasteiger charge is -2.21. The topological polar surface area (TPSA) is 43.1 Å². The lowest BCUT2D eigenvalue weighted by molar-refractivity contribution is 0.0993. The maximum absolute atomic E-state index is 12.4. The van der Waals surface area contributed by atoms with Gasteiger partial charge < -0.3 is 5.73 Å². The summed E-state index contributed by atoms with van der Waals surface area (Å²) < 4.78 is 0. The van der Waals surface area contributed by atoms with Crippen LogP contribution < -0.4 is 5.73 Å². The number of nitrogens with two attached hydrogens (primary N) is 1. The molecule has 0 aliphatic heterocycles. The Morgan fingerprint density at radius 3 is 2.86 bits per heavy atom. The minimum Gasteiger partial charge on any atom is -0.327 e. The van der Waals surface area contributed by atoms with Crippen molar-refractivity contribution in [1.29, 1.82) is 0 Å². The Hall–Kier alpha value is -1.64. The number of hydrogen-bond donors (Lipinski definition) is 1. The third-order valence-corrected chi connectivity index (χ3v) is 4.28. The highest BCUT2D eigenvalue weighted by molar-refractivity contribution is 6.30. The zero-order chi connectivity index (χ0) is 14.8. The van der Waals surface area contributed by atoms with E-state index in [2.05, 4.69) is 6.07 Å². The fourth-order valence-electron chi connectivity index (χ4n) is 2.89. The van der Waals surface area contributed by atoms with Crippen molar-refractivity contribution >= 4 is 17.4 Å². The van der Waals surface area contributed by atoms with E-state index in [0.29, 0.717) is 11.4 Å². The van der Waals surface area contributed by atoms with Crippen LogP contribution in [0.4, 0.5) is 0 Å². The van der Waals surface area contributed by atoms with Gasteiger partial charge in [-0.2, -0.15) is 0 Å². The van der Waals surface area contributed by atoms with Gasteiger partial charge in [0, 0.05) is 23.0 Å². The SMILES string of the molecule is NC1CCc2cc(C(=O)Cc3cccc(Cl)c3)ccc2C1. The van der Waals surface area contributed by atoms with E-state index >= 15 is 0 Å². The van der Waals surface area contributed by atoms with Crippen LogP contribution in [-0.4, -0.2) is 11.8 Å². The molecule has 3 heteroatoms. The Morgan fingerprint density at radius 1 is 1.19 bits per heavy atom. The van der Waals surface area contributed by atoms with E-state index in [1.807, 2.05) is 36.4 Å². The average Bonchev–Trinajstić information content (AvgIpc) is 2.46. The first-order valence-corrected chi connectivity index (χ1v) is 7.64. The monoisotopic (exact) mass is 299 g/mol. The predicted octanol–water partition coefficient (Wildman–Crippen LogP) is 3.58. The van der Waals surface area contributed by atoms with Gasteiger partial charge in [-0.25, -0.2) is 0 Å². The molecule has 108 valence electrons. The van der Waals surface area contributed by atoms with E-state index in [1.54, 1.807) is 0 Å². The number of carbonyl (C=O) groups excluding carboxylic acids is 1. The maximum Gasteiger partial charge on any atom is 0.167 e. The molecule has 1 atom stereocenters. The van der Waals surface area contributed by atoms with Crippen molar-refractivity contribution in [2.45, 2.75) is 31.7 Å². The third-order valence-electron chi connectivity index (χ3n) is 4.05. The molecule has 0 spiro atoms. The number of fused-ring (bicyclic) bond motifs is 1. The molecule has 0 saturated carbocycles. The number of halogens is 1. The number of carbonyl (C=O) groups is 1. The number of benzene rings is 2. The molecule has 2 aromatic rings. The predicted molar refractivity (Wildman–Crippen MR) is 85.9 cm³/mol. The van der Waals surface area contributed by atoms with Crippen molar-refractivity contribution in [2.75, 3.05) is 0 Å². The summed E-state index contributed by atoms with van der Waals surface area (Å²) in [6, 6.07) is 13.7. The summed E-state index contributed by atoms with van der Waals surface area (Å²) in [7, 11) is 0. The van der Waals surface area contributed by atoms with Crippen LogP contribution in [0.3, 0.4) is 0 Å². The number of hydrogen-bond acceptors (Lipinski definition) is 2. The number of rotatable bonds is 3. The van der Waals surface area contributed by atoms with E-state index < -0.39 is 0 Å². The summed E-state index contributed by atoms with van der Waals surface area (Å²) in [4.78, 5) is 12.4. The second kappa shape index (κ2) is 6.00. The van der Waals surface area contributed by atoms with E-state index in [4.69, 9.17) is 17.3 Å². The summed E-state index contributed by atoms with van der Waals surface area (Å²) in [5, 5.41) is 0.666. The van der Waals surface area contributed by atoms with Gasteiger partial charge in [-0.05, 0) is 54.2 Å². The van der Waals surface area contributed by atoms with Crippen LogP contribution in [0.5, 0.6) is 0 Å². The second-order valence-electron chi connectivity index (χ2n) is 5.72. The zero-order valence-corrected chi connectivity index (χ0v) is 12.6. The molecule has 3 rings (SSSR count). The molecule has 2 nitrogen and oxygen atoms in total. The van der Waals surface area contributed by atoms with Gasteiger partial charge in [0.05, 0.1) is 0 Å². The van der Waals surface area contributed by atoms with Crippen molar-refractivity contribution in [2.24, 2.45) is 5.73 Å². The summed E-state index contributed by atoms with van der Waals surface area (Å²) in [5.74, 6) is 0.134. The Labute approximate surface area is 129 Å². The molecule has 2 N–H and O–H groups in total. The molecular weight excluding hydrogens is 282 g/mol. The first-order chi connectivity index (χ1) is 10.1.